The van der Waals surface area contributed by atoms with Crippen molar-refractivity contribution >= 4 is 5.96 Å². The van der Waals surface area contributed by atoms with Crippen molar-refractivity contribution in [3.8, 4) is 17.2 Å². The van der Waals surface area contributed by atoms with Gasteiger partial charge in [0.2, 0.25) is 5.75 Å². The van der Waals surface area contributed by atoms with Crippen LogP contribution in [-0.4, -0.2) is 34.3 Å². The van der Waals surface area contributed by atoms with Crippen molar-refractivity contribution in [2.24, 2.45) is 4.99 Å². The first-order valence-electron chi connectivity index (χ1n) is 7.99. The van der Waals surface area contributed by atoms with E-state index in [0.29, 0.717) is 30.3 Å². The summed E-state index contributed by atoms with van der Waals surface area (Å²) in [6, 6.07) is 14.0. The van der Waals surface area contributed by atoms with Gasteiger partial charge in [0.15, 0.2) is 17.5 Å². The molecule has 0 aliphatic heterocycles. The Labute approximate surface area is 148 Å². The van der Waals surface area contributed by atoms with Crippen molar-refractivity contribution in [2.75, 3.05) is 28.4 Å². The van der Waals surface area contributed by atoms with E-state index < -0.39 is 0 Å². The summed E-state index contributed by atoms with van der Waals surface area (Å²) in [6.07, 6.45) is 0. The van der Waals surface area contributed by atoms with Gasteiger partial charge in [-0.25, -0.2) is 0 Å². The van der Waals surface area contributed by atoms with Crippen molar-refractivity contribution in [2.45, 2.75) is 13.1 Å². The van der Waals surface area contributed by atoms with Crippen LogP contribution in [0.25, 0.3) is 0 Å². The normalized spacial score (nSPS) is 11.0. The van der Waals surface area contributed by atoms with E-state index >= 15 is 0 Å². The standard InChI is InChI=1S/C19H25N3O3/c1-20-19(21-12-14-8-6-5-7-9-14)22-13-15-10-16(23-2)18(25-4)17(11-15)24-3/h5-11H,12-13H2,1-4H3,(H2,20,21,22). The predicted octanol–water partition coefficient (Wildman–Crippen LogP) is 2.58. The molecule has 0 unspecified atom stereocenters. The summed E-state index contributed by atoms with van der Waals surface area (Å²) in [6.45, 7) is 1.28. The molecule has 2 aromatic rings. The Morgan fingerprint density at radius 3 is 1.88 bits per heavy atom. The van der Waals surface area contributed by atoms with Crippen molar-refractivity contribution in [1.29, 1.82) is 0 Å². The minimum absolute atomic E-state index is 0.575. The lowest BCUT2D eigenvalue weighted by Gasteiger charge is -2.16. The van der Waals surface area contributed by atoms with E-state index in [1.807, 2.05) is 30.3 Å². The van der Waals surface area contributed by atoms with Crippen molar-refractivity contribution in [1.82, 2.24) is 10.6 Å². The highest BCUT2D eigenvalue weighted by Gasteiger charge is 2.13. The largest absolute Gasteiger partial charge is 0.493 e. The number of nitrogens with zero attached hydrogens (tertiary/aromatic N) is 1. The second-order valence-corrected chi connectivity index (χ2v) is 5.30. The topological polar surface area (TPSA) is 64.1 Å². The molecular weight excluding hydrogens is 318 g/mol. The second kappa shape index (κ2) is 9.42. The van der Waals surface area contributed by atoms with Gasteiger partial charge in [-0.2, -0.15) is 0 Å². The van der Waals surface area contributed by atoms with Gasteiger partial charge in [0.1, 0.15) is 0 Å². The number of methoxy groups -OCH3 is 3. The lowest BCUT2D eigenvalue weighted by molar-refractivity contribution is 0.323. The lowest BCUT2D eigenvalue weighted by atomic mass is 10.2. The number of hydrogen-bond donors (Lipinski definition) is 2. The number of aliphatic imine (C=N–C) groups is 1. The van der Waals surface area contributed by atoms with Crippen LogP contribution in [0.4, 0.5) is 0 Å². The number of benzene rings is 2. The van der Waals surface area contributed by atoms with Gasteiger partial charge in [-0.05, 0) is 23.3 Å². The number of hydrogen-bond acceptors (Lipinski definition) is 4. The van der Waals surface area contributed by atoms with Crippen molar-refractivity contribution in [3.63, 3.8) is 0 Å². The Hall–Kier alpha value is -2.89. The van der Waals surface area contributed by atoms with Gasteiger partial charge in [0, 0.05) is 20.1 Å². The van der Waals surface area contributed by atoms with Gasteiger partial charge in [-0.15, -0.1) is 0 Å². The highest BCUT2D eigenvalue weighted by Crippen LogP contribution is 2.38. The molecule has 0 atom stereocenters. The second-order valence-electron chi connectivity index (χ2n) is 5.30. The van der Waals surface area contributed by atoms with Gasteiger partial charge in [0.25, 0.3) is 0 Å². The first kappa shape index (κ1) is 18.4. The maximum Gasteiger partial charge on any atom is 0.203 e. The highest BCUT2D eigenvalue weighted by molar-refractivity contribution is 5.79. The first-order chi connectivity index (χ1) is 12.2. The van der Waals surface area contributed by atoms with Gasteiger partial charge < -0.3 is 24.8 Å². The van der Waals surface area contributed by atoms with Crippen LogP contribution in [0.1, 0.15) is 11.1 Å². The Balaban J connectivity index is 2.01. The molecule has 0 aliphatic carbocycles. The van der Waals surface area contributed by atoms with E-state index in [4.69, 9.17) is 14.2 Å². The van der Waals surface area contributed by atoms with Crippen LogP contribution in [0, 0.1) is 0 Å². The highest BCUT2D eigenvalue weighted by atomic mass is 16.5. The van der Waals surface area contributed by atoms with Crippen LogP contribution in [-0.2, 0) is 13.1 Å². The van der Waals surface area contributed by atoms with Crippen molar-refractivity contribution in [3.05, 3.63) is 53.6 Å². The van der Waals surface area contributed by atoms with E-state index in [9.17, 15) is 0 Å². The third-order valence-electron chi connectivity index (χ3n) is 3.71. The maximum absolute atomic E-state index is 5.38. The molecule has 6 nitrogen and oxygen atoms in total. The zero-order valence-electron chi connectivity index (χ0n) is 15.1. The molecule has 0 saturated heterocycles. The van der Waals surface area contributed by atoms with Gasteiger partial charge >= 0.3 is 0 Å². The molecule has 0 saturated carbocycles. The molecule has 0 radical (unpaired) electrons. The molecule has 0 aromatic heterocycles. The number of guanidine groups is 1. The molecule has 6 heteroatoms. The van der Waals surface area contributed by atoms with E-state index in [1.54, 1.807) is 28.4 Å². The minimum Gasteiger partial charge on any atom is -0.493 e. The van der Waals surface area contributed by atoms with Crippen LogP contribution >= 0.6 is 0 Å². The summed E-state index contributed by atoms with van der Waals surface area (Å²) in [5.41, 5.74) is 2.19. The Bertz CT molecular complexity index is 677. The van der Waals surface area contributed by atoms with Crippen LogP contribution < -0.4 is 24.8 Å². The Morgan fingerprint density at radius 1 is 0.840 bits per heavy atom. The Morgan fingerprint density at radius 2 is 1.40 bits per heavy atom. The summed E-state index contributed by atoms with van der Waals surface area (Å²) in [5, 5.41) is 6.57. The minimum atomic E-state index is 0.575. The average molecular weight is 343 g/mol. The Kier molecular flexibility index (Phi) is 6.95. The SMILES string of the molecule is CN=C(NCc1ccccc1)NCc1cc(OC)c(OC)c(OC)c1. The first-order valence-corrected chi connectivity index (χ1v) is 7.99. The van der Waals surface area contributed by atoms with Crippen LogP contribution in [0.3, 0.4) is 0 Å². The summed E-state index contributed by atoms with van der Waals surface area (Å²) in [7, 11) is 6.55. The quantitative estimate of drug-likeness (QED) is 0.598. The molecule has 0 aliphatic rings. The third kappa shape index (κ3) is 5.04. The monoisotopic (exact) mass is 343 g/mol. The molecular formula is C19H25N3O3. The smallest absolute Gasteiger partial charge is 0.203 e. The summed E-state index contributed by atoms with van der Waals surface area (Å²) in [4.78, 5) is 4.24. The summed E-state index contributed by atoms with van der Waals surface area (Å²) in [5.74, 6) is 2.56. The zero-order valence-corrected chi connectivity index (χ0v) is 15.1. The summed E-state index contributed by atoms with van der Waals surface area (Å²) < 4.78 is 16.1. The van der Waals surface area contributed by atoms with Crippen molar-refractivity contribution < 1.29 is 14.2 Å². The molecule has 2 rings (SSSR count). The fraction of sp³-hybridized carbons (Fsp3) is 0.316. The fourth-order valence-corrected chi connectivity index (χ4v) is 2.43. The zero-order chi connectivity index (χ0) is 18.1. The van der Waals surface area contributed by atoms with E-state index in [2.05, 4.69) is 27.8 Å². The summed E-state index contributed by atoms with van der Waals surface area (Å²) >= 11 is 0. The molecule has 0 bridgehead atoms. The molecule has 0 spiro atoms. The molecule has 25 heavy (non-hydrogen) atoms. The molecule has 2 N–H and O–H groups in total. The van der Waals surface area contributed by atoms with E-state index in [0.717, 1.165) is 11.5 Å². The number of nitrogens with one attached hydrogen (secondary N) is 2. The van der Waals surface area contributed by atoms with Crippen LogP contribution in [0.15, 0.2) is 47.5 Å². The van der Waals surface area contributed by atoms with E-state index in [1.165, 1.54) is 5.56 Å². The van der Waals surface area contributed by atoms with Crippen LogP contribution in [0.2, 0.25) is 0 Å². The van der Waals surface area contributed by atoms with Gasteiger partial charge in [0.05, 0.1) is 21.3 Å². The third-order valence-corrected chi connectivity index (χ3v) is 3.71. The number of ether oxygens (including phenoxy) is 3. The fourth-order valence-electron chi connectivity index (χ4n) is 2.43. The lowest BCUT2D eigenvalue weighted by Crippen LogP contribution is -2.36. The molecule has 2 aromatic carbocycles. The average Bonchev–Trinajstić information content (AvgIpc) is 2.67. The maximum atomic E-state index is 5.38. The number of rotatable bonds is 7. The van der Waals surface area contributed by atoms with Gasteiger partial charge in [-0.3, -0.25) is 4.99 Å². The van der Waals surface area contributed by atoms with Gasteiger partial charge in [-0.1, -0.05) is 30.3 Å². The molecule has 0 fully saturated rings. The van der Waals surface area contributed by atoms with E-state index in [-0.39, 0.29) is 0 Å². The predicted molar refractivity (Wildman–Crippen MR) is 99.6 cm³/mol. The molecule has 0 heterocycles. The molecule has 134 valence electrons. The van der Waals surface area contributed by atoms with Crippen LogP contribution in [0.5, 0.6) is 17.2 Å². The molecule has 0 amide bonds.